The molecule has 6 nitrogen and oxygen atoms in total. The Balaban J connectivity index is 2.20. The lowest BCUT2D eigenvalue weighted by molar-refractivity contribution is 0.0680. The van der Waals surface area contributed by atoms with E-state index in [4.69, 9.17) is 5.11 Å². The number of anilines is 1. The Labute approximate surface area is 122 Å². The summed E-state index contributed by atoms with van der Waals surface area (Å²) in [6, 6.07) is 7.46. The van der Waals surface area contributed by atoms with Crippen LogP contribution in [-0.2, 0) is 7.05 Å². The van der Waals surface area contributed by atoms with Crippen LogP contribution >= 0.6 is 0 Å². The van der Waals surface area contributed by atoms with Crippen LogP contribution in [-0.4, -0.2) is 26.8 Å². The quantitative estimate of drug-likeness (QED) is 0.904. The molecule has 0 bridgehead atoms. The van der Waals surface area contributed by atoms with E-state index in [1.807, 2.05) is 12.1 Å². The summed E-state index contributed by atoms with van der Waals surface area (Å²) in [5, 5.41) is 15.6. The smallest absolute Gasteiger partial charge is 0.354 e. The van der Waals surface area contributed by atoms with Gasteiger partial charge in [-0.05, 0) is 23.6 Å². The van der Waals surface area contributed by atoms with Gasteiger partial charge in [0, 0.05) is 12.7 Å². The molecule has 0 saturated heterocycles. The van der Waals surface area contributed by atoms with Crippen molar-refractivity contribution in [2.45, 2.75) is 19.8 Å². The summed E-state index contributed by atoms with van der Waals surface area (Å²) in [5.41, 5.74) is 1.69. The standard InChI is InChI=1S/C15H17N3O3/c1-9(2)10-4-6-11(7-5-10)17-14(19)12-8-16-18(3)13(12)15(20)21/h4-9H,1-3H3,(H,17,19)(H,20,21). The minimum absolute atomic E-state index is 0.0398. The zero-order valence-corrected chi connectivity index (χ0v) is 12.1. The highest BCUT2D eigenvalue weighted by Crippen LogP contribution is 2.18. The molecule has 0 aliphatic rings. The molecule has 1 heterocycles. The molecular weight excluding hydrogens is 270 g/mol. The van der Waals surface area contributed by atoms with Crippen molar-refractivity contribution in [1.29, 1.82) is 0 Å². The van der Waals surface area contributed by atoms with Crippen LogP contribution in [0, 0.1) is 0 Å². The number of carboxylic acid groups (broad SMARTS) is 1. The number of aromatic nitrogens is 2. The number of nitrogens with zero attached hydrogens (tertiary/aromatic N) is 2. The first-order chi connectivity index (χ1) is 9.90. The first-order valence-electron chi connectivity index (χ1n) is 6.56. The molecule has 2 N–H and O–H groups in total. The number of hydrogen-bond acceptors (Lipinski definition) is 3. The Hall–Kier alpha value is -2.63. The third kappa shape index (κ3) is 3.10. The van der Waals surface area contributed by atoms with Gasteiger partial charge in [0.05, 0.1) is 11.8 Å². The highest BCUT2D eigenvalue weighted by atomic mass is 16.4. The molecule has 0 saturated carbocycles. The summed E-state index contributed by atoms with van der Waals surface area (Å²) >= 11 is 0. The largest absolute Gasteiger partial charge is 0.477 e. The van der Waals surface area contributed by atoms with E-state index in [0.29, 0.717) is 11.6 Å². The number of aromatic carboxylic acids is 1. The van der Waals surface area contributed by atoms with Crippen LogP contribution in [0.4, 0.5) is 5.69 Å². The number of aryl methyl sites for hydroxylation is 1. The summed E-state index contributed by atoms with van der Waals surface area (Å²) in [5.74, 6) is -1.26. The molecule has 2 rings (SSSR count). The van der Waals surface area contributed by atoms with Crippen molar-refractivity contribution >= 4 is 17.6 Å². The molecule has 1 aromatic heterocycles. The molecule has 0 spiro atoms. The summed E-state index contributed by atoms with van der Waals surface area (Å²) < 4.78 is 1.17. The van der Waals surface area contributed by atoms with Gasteiger partial charge in [0.1, 0.15) is 0 Å². The highest BCUT2D eigenvalue weighted by Gasteiger charge is 2.21. The van der Waals surface area contributed by atoms with E-state index in [0.717, 1.165) is 0 Å². The van der Waals surface area contributed by atoms with Crippen molar-refractivity contribution in [2.75, 3.05) is 5.32 Å². The van der Waals surface area contributed by atoms with Gasteiger partial charge in [0.2, 0.25) is 0 Å². The molecule has 6 heteroatoms. The Morgan fingerprint density at radius 3 is 2.38 bits per heavy atom. The van der Waals surface area contributed by atoms with E-state index in [-0.39, 0.29) is 11.3 Å². The molecule has 2 aromatic rings. The molecule has 0 aliphatic carbocycles. The van der Waals surface area contributed by atoms with E-state index in [1.54, 1.807) is 12.1 Å². The molecule has 0 atom stereocenters. The minimum Gasteiger partial charge on any atom is -0.477 e. The van der Waals surface area contributed by atoms with Gasteiger partial charge in [-0.1, -0.05) is 26.0 Å². The van der Waals surface area contributed by atoms with Gasteiger partial charge < -0.3 is 10.4 Å². The number of hydrogen-bond donors (Lipinski definition) is 2. The second-order valence-electron chi connectivity index (χ2n) is 5.07. The number of nitrogens with one attached hydrogen (secondary N) is 1. The summed E-state index contributed by atoms with van der Waals surface area (Å²) in [6.45, 7) is 4.17. The number of carbonyl (C=O) groups is 2. The van der Waals surface area contributed by atoms with Crippen LogP contribution in [0.1, 0.15) is 46.2 Å². The van der Waals surface area contributed by atoms with Gasteiger partial charge in [-0.15, -0.1) is 0 Å². The molecular formula is C15H17N3O3. The van der Waals surface area contributed by atoms with Crippen molar-refractivity contribution in [3.8, 4) is 0 Å². The van der Waals surface area contributed by atoms with Gasteiger partial charge in [-0.3, -0.25) is 9.48 Å². The topological polar surface area (TPSA) is 84.2 Å². The molecule has 1 amide bonds. The SMILES string of the molecule is CC(C)c1ccc(NC(=O)c2cnn(C)c2C(=O)O)cc1. The van der Waals surface area contributed by atoms with E-state index in [2.05, 4.69) is 24.3 Å². The molecule has 0 radical (unpaired) electrons. The Morgan fingerprint density at radius 2 is 1.86 bits per heavy atom. The highest BCUT2D eigenvalue weighted by molar-refractivity contribution is 6.09. The van der Waals surface area contributed by atoms with Crippen LogP contribution in [0.25, 0.3) is 0 Å². The van der Waals surface area contributed by atoms with E-state index in [9.17, 15) is 9.59 Å². The lowest BCUT2D eigenvalue weighted by Crippen LogP contribution is -2.17. The van der Waals surface area contributed by atoms with Crippen LogP contribution in [0.3, 0.4) is 0 Å². The van der Waals surface area contributed by atoms with E-state index < -0.39 is 11.9 Å². The van der Waals surface area contributed by atoms with E-state index >= 15 is 0 Å². The van der Waals surface area contributed by atoms with Crippen LogP contribution in [0.5, 0.6) is 0 Å². The van der Waals surface area contributed by atoms with Crippen molar-refractivity contribution in [3.63, 3.8) is 0 Å². The molecule has 1 aromatic carbocycles. The Bertz CT molecular complexity index is 672. The Morgan fingerprint density at radius 1 is 1.24 bits per heavy atom. The van der Waals surface area contributed by atoms with Crippen molar-refractivity contribution in [2.24, 2.45) is 7.05 Å². The summed E-state index contributed by atoms with van der Waals surface area (Å²) in [7, 11) is 1.48. The monoisotopic (exact) mass is 287 g/mol. The average Bonchev–Trinajstić information content (AvgIpc) is 2.81. The van der Waals surface area contributed by atoms with Crippen molar-refractivity contribution in [3.05, 3.63) is 47.3 Å². The summed E-state index contributed by atoms with van der Waals surface area (Å²) in [4.78, 5) is 23.3. The van der Waals surface area contributed by atoms with Crippen LogP contribution in [0.2, 0.25) is 0 Å². The fraction of sp³-hybridized carbons (Fsp3) is 0.267. The first kappa shape index (κ1) is 14.8. The first-order valence-corrected chi connectivity index (χ1v) is 6.56. The number of carbonyl (C=O) groups excluding carboxylic acids is 1. The molecule has 0 aliphatic heterocycles. The maximum Gasteiger partial charge on any atom is 0.354 e. The van der Waals surface area contributed by atoms with E-state index in [1.165, 1.54) is 23.5 Å². The predicted molar refractivity (Wildman–Crippen MR) is 78.7 cm³/mol. The number of benzene rings is 1. The number of rotatable bonds is 4. The fourth-order valence-corrected chi connectivity index (χ4v) is 2.01. The second-order valence-corrected chi connectivity index (χ2v) is 5.07. The van der Waals surface area contributed by atoms with Gasteiger partial charge in [0.15, 0.2) is 5.69 Å². The number of amides is 1. The molecule has 110 valence electrons. The van der Waals surface area contributed by atoms with Gasteiger partial charge >= 0.3 is 5.97 Å². The lowest BCUT2D eigenvalue weighted by atomic mass is 10.0. The number of carboxylic acids is 1. The zero-order valence-electron chi connectivity index (χ0n) is 12.1. The van der Waals surface area contributed by atoms with Crippen molar-refractivity contribution in [1.82, 2.24) is 9.78 Å². The Kier molecular flexibility index (Phi) is 4.07. The van der Waals surface area contributed by atoms with Gasteiger partial charge in [-0.25, -0.2) is 4.79 Å². The fourth-order valence-electron chi connectivity index (χ4n) is 2.01. The lowest BCUT2D eigenvalue weighted by Gasteiger charge is -2.08. The normalized spacial score (nSPS) is 10.7. The van der Waals surface area contributed by atoms with Crippen LogP contribution in [0.15, 0.2) is 30.5 Å². The maximum atomic E-state index is 12.1. The average molecular weight is 287 g/mol. The molecule has 0 fully saturated rings. The predicted octanol–water partition coefficient (Wildman–Crippen LogP) is 2.49. The second kappa shape index (κ2) is 5.78. The third-order valence-corrected chi connectivity index (χ3v) is 3.22. The molecule has 21 heavy (non-hydrogen) atoms. The molecule has 0 unspecified atom stereocenters. The van der Waals surface area contributed by atoms with Crippen molar-refractivity contribution < 1.29 is 14.7 Å². The summed E-state index contributed by atoms with van der Waals surface area (Å²) in [6.07, 6.45) is 1.25. The zero-order chi connectivity index (χ0) is 15.6. The third-order valence-electron chi connectivity index (χ3n) is 3.22. The van der Waals surface area contributed by atoms with Crippen LogP contribution < -0.4 is 5.32 Å². The van der Waals surface area contributed by atoms with Gasteiger partial charge in [-0.2, -0.15) is 5.10 Å². The maximum absolute atomic E-state index is 12.1. The van der Waals surface area contributed by atoms with Gasteiger partial charge in [0.25, 0.3) is 5.91 Å². The minimum atomic E-state index is -1.18.